The Morgan fingerprint density at radius 2 is 1.86 bits per heavy atom. The molecule has 0 aliphatic carbocycles. The summed E-state index contributed by atoms with van der Waals surface area (Å²) in [6, 6.07) is 14.8. The number of nitrogens with one attached hydrogen (secondary N) is 3. The van der Waals surface area contributed by atoms with Gasteiger partial charge in [-0.2, -0.15) is 5.10 Å². The largest absolute Gasteiger partial charge is 0.330 e. The summed E-state index contributed by atoms with van der Waals surface area (Å²) in [5, 5.41) is 13.5. The van der Waals surface area contributed by atoms with Crippen molar-refractivity contribution in [3.63, 3.8) is 0 Å². The number of aromatic nitrogens is 3. The maximum Gasteiger partial charge on any atom is 0.319 e. The second kappa shape index (κ2) is 11.2. The fourth-order valence-corrected chi connectivity index (χ4v) is 5.59. The lowest BCUT2D eigenvalue weighted by Crippen LogP contribution is -2.49. The van der Waals surface area contributed by atoms with Crippen LogP contribution in [0.25, 0.3) is 5.52 Å². The van der Waals surface area contributed by atoms with Gasteiger partial charge < -0.3 is 30.2 Å². The Balaban J connectivity index is 1.35. The minimum Gasteiger partial charge on any atom is -0.330 e. The van der Waals surface area contributed by atoms with Crippen LogP contribution in [-0.4, -0.2) is 62.5 Å². The van der Waals surface area contributed by atoms with Gasteiger partial charge >= 0.3 is 6.03 Å². The molecule has 1 atom stereocenters. The zero-order chi connectivity index (χ0) is 30.2. The third-order valence-electron chi connectivity index (χ3n) is 7.55. The third-order valence-corrected chi connectivity index (χ3v) is 7.55. The van der Waals surface area contributed by atoms with Gasteiger partial charge in [-0.25, -0.2) is 4.79 Å². The number of likely N-dealkylation sites (N-methyl/N-ethyl adjacent to an activating group) is 1. The number of fused-ring (bicyclic) bond motifs is 2. The van der Waals surface area contributed by atoms with Gasteiger partial charge in [0, 0.05) is 42.8 Å². The fraction of sp³-hybridized carbons (Fsp3) is 0.290. The van der Waals surface area contributed by atoms with E-state index in [1.807, 2.05) is 70.2 Å². The highest BCUT2D eigenvalue weighted by atomic mass is 16.2. The van der Waals surface area contributed by atoms with E-state index in [1.165, 1.54) is 6.08 Å². The van der Waals surface area contributed by atoms with Gasteiger partial charge in [0.05, 0.1) is 29.4 Å². The van der Waals surface area contributed by atoms with E-state index in [1.54, 1.807) is 44.6 Å². The standard InChI is InChI=1S/C31H36N8O3/c1-7-26(40)32-22-13-14-38-17-21(15-23(38)16-22)29(41)34-28-24-18-39(31(2,3)27(24)37(6)35-28)30(42)33-25(19-36(4)5)20-11-9-8-10-12-20/h7-17,25H,1,18-19H2,2-6H3,(H,32,40)(H,33,42)(H,34,35,41)/t25-/m1/s1. The molecule has 0 saturated heterocycles. The van der Waals surface area contributed by atoms with E-state index in [2.05, 4.69) is 27.6 Å². The molecule has 1 aliphatic heterocycles. The number of carbonyl (C=O) groups is 3. The Bertz CT molecular complexity index is 1670. The van der Waals surface area contributed by atoms with E-state index in [0.717, 1.165) is 22.3 Å². The molecule has 0 spiro atoms. The molecule has 0 unspecified atom stereocenters. The van der Waals surface area contributed by atoms with Crippen LogP contribution < -0.4 is 16.0 Å². The van der Waals surface area contributed by atoms with E-state index in [0.29, 0.717) is 30.2 Å². The van der Waals surface area contributed by atoms with Crippen molar-refractivity contribution < 1.29 is 14.4 Å². The van der Waals surface area contributed by atoms with Gasteiger partial charge in [-0.3, -0.25) is 14.3 Å². The molecule has 3 aromatic heterocycles. The number of nitrogens with zero attached hydrogens (tertiary/aromatic N) is 5. The smallest absolute Gasteiger partial charge is 0.319 e. The number of anilines is 2. The average molecular weight is 569 g/mol. The van der Waals surface area contributed by atoms with Crippen LogP contribution >= 0.6 is 0 Å². The van der Waals surface area contributed by atoms with Gasteiger partial charge in [-0.15, -0.1) is 0 Å². The number of benzene rings is 1. The molecule has 42 heavy (non-hydrogen) atoms. The normalized spacial score (nSPS) is 14.5. The molecule has 5 rings (SSSR count). The van der Waals surface area contributed by atoms with E-state index in [-0.39, 0.29) is 23.9 Å². The molecule has 0 radical (unpaired) electrons. The summed E-state index contributed by atoms with van der Waals surface area (Å²) in [4.78, 5) is 42.5. The van der Waals surface area contributed by atoms with Gasteiger partial charge in [0.1, 0.15) is 0 Å². The number of hydrogen-bond acceptors (Lipinski definition) is 5. The van der Waals surface area contributed by atoms with Crippen molar-refractivity contribution in [2.45, 2.75) is 32.0 Å². The minimum absolute atomic E-state index is 0.192. The fourth-order valence-electron chi connectivity index (χ4n) is 5.59. The highest BCUT2D eigenvalue weighted by Crippen LogP contribution is 2.42. The highest BCUT2D eigenvalue weighted by Gasteiger charge is 2.45. The highest BCUT2D eigenvalue weighted by molar-refractivity contribution is 6.05. The van der Waals surface area contributed by atoms with Gasteiger partial charge in [0.15, 0.2) is 5.82 Å². The molecule has 11 heteroatoms. The molecule has 3 N–H and O–H groups in total. The molecule has 11 nitrogen and oxygen atoms in total. The zero-order valence-electron chi connectivity index (χ0n) is 24.5. The average Bonchev–Trinajstić information content (AvgIpc) is 3.60. The predicted molar refractivity (Wildman–Crippen MR) is 162 cm³/mol. The Kier molecular flexibility index (Phi) is 7.61. The summed E-state index contributed by atoms with van der Waals surface area (Å²) in [7, 11) is 5.78. The summed E-state index contributed by atoms with van der Waals surface area (Å²) in [6.45, 7) is 8.38. The maximum atomic E-state index is 13.7. The number of rotatable bonds is 8. The maximum absolute atomic E-state index is 13.7. The SMILES string of the molecule is C=CC(=O)Nc1ccn2cc(C(=O)Nc3nn(C)c4c3CN(C(=O)N[C@H](CN(C)C)c3ccccc3)C4(C)C)cc2c1. The Morgan fingerprint density at radius 3 is 2.55 bits per heavy atom. The van der Waals surface area contributed by atoms with Crippen LogP contribution in [0.5, 0.6) is 0 Å². The lowest BCUT2D eigenvalue weighted by Gasteiger charge is -2.34. The number of aryl methyl sites for hydroxylation is 1. The monoisotopic (exact) mass is 568 g/mol. The third kappa shape index (κ3) is 5.51. The van der Waals surface area contributed by atoms with Gasteiger partial charge in [-0.1, -0.05) is 36.9 Å². The second-order valence-corrected chi connectivity index (χ2v) is 11.2. The second-order valence-electron chi connectivity index (χ2n) is 11.2. The molecule has 0 bridgehead atoms. The first-order valence-electron chi connectivity index (χ1n) is 13.7. The first kappa shape index (κ1) is 28.6. The molecule has 0 saturated carbocycles. The Hall–Kier alpha value is -4.90. The van der Waals surface area contributed by atoms with Crippen LogP contribution in [0, 0.1) is 0 Å². The van der Waals surface area contributed by atoms with Crippen molar-refractivity contribution >= 4 is 34.9 Å². The van der Waals surface area contributed by atoms with Crippen LogP contribution in [0.1, 0.15) is 47.1 Å². The van der Waals surface area contributed by atoms with Crippen LogP contribution in [-0.2, 0) is 23.9 Å². The molecule has 1 aromatic carbocycles. The lowest BCUT2D eigenvalue weighted by atomic mass is 10.0. The number of urea groups is 1. The van der Waals surface area contributed by atoms with E-state index < -0.39 is 5.54 Å². The molecule has 0 fully saturated rings. The van der Waals surface area contributed by atoms with E-state index >= 15 is 0 Å². The van der Waals surface area contributed by atoms with Gasteiger partial charge in [-0.05, 0) is 57.8 Å². The van der Waals surface area contributed by atoms with Crippen molar-refractivity contribution in [1.82, 2.24) is 29.3 Å². The van der Waals surface area contributed by atoms with E-state index in [9.17, 15) is 14.4 Å². The molecule has 1 aliphatic rings. The molecule has 218 valence electrons. The van der Waals surface area contributed by atoms with Gasteiger partial charge in [0.2, 0.25) is 5.91 Å². The Morgan fingerprint density at radius 1 is 1.12 bits per heavy atom. The molecular weight excluding hydrogens is 532 g/mol. The predicted octanol–water partition coefficient (Wildman–Crippen LogP) is 4.11. The van der Waals surface area contributed by atoms with Crippen LogP contribution in [0.4, 0.5) is 16.3 Å². The molecule has 4 aromatic rings. The summed E-state index contributed by atoms with van der Waals surface area (Å²) in [6.07, 6.45) is 4.68. The Labute approximate surface area is 244 Å². The number of carbonyl (C=O) groups excluding carboxylic acids is 3. The van der Waals surface area contributed by atoms with Crippen molar-refractivity contribution in [2.75, 3.05) is 31.3 Å². The summed E-state index contributed by atoms with van der Waals surface area (Å²) < 4.78 is 3.53. The quantitative estimate of drug-likeness (QED) is 0.277. The first-order chi connectivity index (χ1) is 20.0. The summed E-state index contributed by atoms with van der Waals surface area (Å²) >= 11 is 0. The number of amides is 4. The molecule has 4 amide bonds. The zero-order valence-corrected chi connectivity index (χ0v) is 24.5. The topological polar surface area (TPSA) is 116 Å². The van der Waals surface area contributed by atoms with Crippen LogP contribution in [0.2, 0.25) is 0 Å². The van der Waals surface area contributed by atoms with Crippen LogP contribution in [0.15, 0.2) is 73.6 Å². The molecule has 4 heterocycles. The number of hydrogen-bond donors (Lipinski definition) is 3. The minimum atomic E-state index is -0.666. The van der Waals surface area contributed by atoms with Crippen molar-refractivity contribution in [3.05, 3.63) is 96.0 Å². The van der Waals surface area contributed by atoms with Gasteiger partial charge in [0.25, 0.3) is 5.91 Å². The number of pyridine rings is 1. The van der Waals surface area contributed by atoms with E-state index in [4.69, 9.17) is 0 Å². The summed E-state index contributed by atoms with van der Waals surface area (Å²) in [5.41, 5.74) is 3.79. The van der Waals surface area contributed by atoms with Crippen molar-refractivity contribution in [2.24, 2.45) is 7.05 Å². The summed E-state index contributed by atoms with van der Waals surface area (Å²) in [5.74, 6) is -0.220. The lowest BCUT2D eigenvalue weighted by molar-refractivity contribution is -0.111. The molecular formula is C31H36N8O3. The van der Waals surface area contributed by atoms with Crippen LogP contribution in [0.3, 0.4) is 0 Å². The first-order valence-corrected chi connectivity index (χ1v) is 13.7. The van der Waals surface area contributed by atoms with Crippen molar-refractivity contribution in [3.8, 4) is 0 Å². The van der Waals surface area contributed by atoms with Crippen molar-refractivity contribution in [1.29, 1.82) is 0 Å².